The molecule has 3 rings (SSSR count). The minimum Gasteiger partial charge on any atom is -0.506 e. The molecule has 0 saturated carbocycles. The summed E-state index contributed by atoms with van der Waals surface area (Å²) in [5.74, 6) is 0.906. The smallest absolute Gasteiger partial charge is 0.143 e. The van der Waals surface area contributed by atoms with E-state index >= 15 is 0 Å². The lowest BCUT2D eigenvalue weighted by Gasteiger charge is -1.95. The van der Waals surface area contributed by atoms with Crippen LogP contribution in [0.3, 0.4) is 0 Å². The molecule has 0 aliphatic carbocycles. The first kappa shape index (κ1) is 9.29. The zero-order valence-corrected chi connectivity index (χ0v) is 9.25. The van der Waals surface area contributed by atoms with Crippen LogP contribution in [0.25, 0.3) is 22.4 Å². The highest BCUT2D eigenvalue weighted by Crippen LogP contribution is 2.35. The minimum atomic E-state index is 0.252. The summed E-state index contributed by atoms with van der Waals surface area (Å²) in [6.45, 7) is 1.95. The van der Waals surface area contributed by atoms with Crippen molar-refractivity contribution < 1.29 is 5.11 Å². The SMILES string of the molecule is Cc1scc(O)c1-c1nc2cnncc2[nH]1. The number of aromatic hydroxyl groups is 1. The number of rotatable bonds is 1. The maximum atomic E-state index is 9.73. The number of hydrogen-bond acceptors (Lipinski definition) is 5. The standard InChI is InChI=1S/C10H8N4OS/c1-5-9(8(15)4-16-5)10-13-6-2-11-12-3-7(6)14-10/h2-4,15H,1H3,(H,13,14). The van der Waals surface area contributed by atoms with Gasteiger partial charge in [0.05, 0.1) is 23.5 Å². The van der Waals surface area contributed by atoms with Crippen molar-refractivity contribution >= 4 is 22.4 Å². The first-order valence-electron chi connectivity index (χ1n) is 4.69. The Hall–Kier alpha value is -1.95. The van der Waals surface area contributed by atoms with E-state index in [1.165, 1.54) is 11.3 Å². The van der Waals surface area contributed by atoms with Gasteiger partial charge >= 0.3 is 0 Å². The predicted octanol–water partition coefficient (Wildman–Crippen LogP) is 2.10. The number of aryl methyl sites for hydroxylation is 1. The average molecular weight is 232 g/mol. The van der Waals surface area contributed by atoms with Crippen molar-refractivity contribution in [1.82, 2.24) is 20.2 Å². The van der Waals surface area contributed by atoms with Crippen molar-refractivity contribution in [3.63, 3.8) is 0 Å². The predicted molar refractivity (Wildman–Crippen MR) is 61.4 cm³/mol. The number of fused-ring (bicyclic) bond motifs is 1. The van der Waals surface area contributed by atoms with Crippen LogP contribution in [0.15, 0.2) is 17.8 Å². The third kappa shape index (κ3) is 1.27. The van der Waals surface area contributed by atoms with Crippen LogP contribution in [-0.2, 0) is 0 Å². The molecule has 0 aliphatic heterocycles. The largest absolute Gasteiger partial charge is 0.506 e. The van der Waals surface area contributed by atoms with Crippen LogP contribution >= 0.6 is 11.3 Å². The van der Waals surface area contributed by atoms with Gasteiger partial charge in [-0.3, -0.25) is 0 Å². The lowest BCUT2D eigenvalue weighted by atomic mass is 10.2. The highest BCUT2D eigenvalue weighted by atomic mass is 32.1. The summed E-state index contributed by atoms with van der Waals surface area (Å²) in [5.41, 5.74) is 2.31. The van der Waals surface area contributed by atoms with Crippen LogP contribution in [0.2, 0.25) is 0 Å². The Kier molecular flexibility index (Phi) is 1.90. The van der Waals surface area contributed by atoms with Gasteiger partial charge in [-0.2, -0.15) is 10.2 Å². The minimum absolute atomic E-state index is 0.252. The Morgan fingerprint density at radius 1 is 1.31 bits per heavy atom. The molecular formula is C10H8N4OS. The van der Waals surface area contributed by atoms with Crippen LogP contribution in [0.4, 0.5) is 0 Å². The van der Waals surface area contributed by atoms with Crippen molar-refractivity contribution in [2.45, 2.75) is 6.92 Å². The maximum absolute atomic E-state index is 9.73. The molecule has 3 aromatic heterocycles. The number of H-pyrrole nitrogens is 1. The molecule has 0 aromatic carbocycles. The molecule has 2 N–H and O–H groups in total. The van der Waals surface area contributed by atoms with Crippen molar-refractivity contribution in [2.75, 3.05) is 0 Å². The number of nitrogens with one attached hydrogen (secondary N) is 1. The van der Waals surface area contributed by atoms with Gasteiger partial charge < -0.3 is 10.1 Å². The van der Waals surface area contributed by atoms with E-state index < -0.39 is 0 Å². The van der Waals surface area contributed by atoms with Crippen LogP contribution in [0.1, 0.15) is 4.88 Å². The average Bonchev–Trinajstić information content (AvgIpc) is 2.82. The van der Waals surface area contributed by atoms with Gasteiger partial charge in [0, 0.05) is 10.3 Å². The zero-order valence-electron chi connectivity index (χ0n) is 8.43. The maximum Gasteiger partial charge on any atom is 0.143 e. The van der Waals surface area contributed by atoms with Gasteiger partial charge in [-0.1, -0.05) is 0 Å². The normalized spacial score (nSPS) is 11.1. The van der Waals surface area contributed by atoms with E-state index in [1.807, 2.05) is 6.92 Å². The summed E-state index contributed by atoms with van der Waals surface area (Å²) in [6, 6.07) is 0. The number of hydrogen-bond donors (Lipinski definition) is 2. The monoisotopic (exact) mass is 232 g/mol. The Morgan fingerprint density at radius 2 is 2.12 bits per heavy atom. The summed E-state index contributed by atoms with van der Waals surface area (Å²) >= 11 is 1.49. The fourth-order valence-corrected chi connectivity index (χ4v) is 2.35. The van der Waals surface area contributed by atoms with Crippen molar-refractivity contribution in [2.24, 2.45) is 0 Å². The highest BCUT2D eigenvalue weighted by molar-refractivity contribution is 7.10. The molecule has 3 heterocycles. The molecule has 0 atom stereocenters. The van der Waals surface area contributed by atoms with E-state index in [-0.39, 0.29) is 5.75 Å². The van der Waals surface area contributed by atoms with Crippen molar-refractivity contribution in [1.29, 1.82) is 0 Å². The second-order valence-electron chi connectivity index (χ2n) is 3.43. The van der Waals surface area contributed by atoms with Crippen molar-refractivity contribution in [3.05, 3.63) is 22.7 Å². The molecule has 3 aromatic rings. The summed E-state index contributed by atoms with van der Waals surface area (Å²) in [4.78, 5) is 8.50. The molecule has 80 valence electrons. The van der Waals surface area contributed by atoms with Gasteiger partial charge in [0.15, 0.2) is 0 Å². The number of aromatic amines is 1. The number of nitrogens with zero attached hydrogens (tertiary/aromatic N) is 3. The van der Waals surface area contributed by atoms with E-state index in [9.17, 15) is 5.11 Å². The third-order valence-electron chi connectivity index (χ3n) is 2.39. The molecule has 5 nitrogen and oxygen atoms in total. The van der Waals surface area contributed by atoms with E-state index in [4.69, 9.17) is 0 Å². The van der Waals surface area contributed by atoms with Crippen LogP contribution in [0, 0.1) is 6.92 Å². The topological polar surface area (TPSA) is 74.7 Å². The number of imidazole rings is 1. The lowest BCUT2D eigenvalue weighted by Crippen LogP contribution is -1.79. The fourth-order valence-electron chi connectivity index (χ4n) is 1.62. The molecule has 16 heavy (non-hydrogen) atoms. The Morgan fingerprint density at radius 3 is 2.81 bits per heavy atom. The van der Waals surface area contributed by atoms with E-state index in [0.717, 1.165) is 21.5 Å². The van der Waals surface area contributed by atoms with Gasteiger partial charge in [-0.05, 0) is 6.92 Å². The summed E-state index contributed by atoms with van der Waals surface area (Å²) in [5, 5.41) is 19.0. The van der Waals surface area contributed by atoms with Gasteiger partial charge in [0.2, 0.25) is 0 Å². The lowest BCUT2D eigenvalue weighted by molar-refractivity contribution is 0.479. The first-order chi connectivity index (χ1) is 7.75. The Bertz CT molecular complexity index is 605. The second-order valence-corrected chi connectivity index (χ2v) is 4.51. The fraction of sp³-hybridized carbons (Fsp3) is 0.100. The van der Waals surface area contributed by atoms with E-state index in [1.54, 1.807) is 17.8 Å². The second kappa shape index (κ2) is 3.28. The van der Waals surface area contributed by atoms with Crippen LogP contribution in [-0.4, -0.2) is 25.3 Å². The summed E-state index contributed by atoms with van der Waals surface area (Å²) in [7, 11) is 0. The molecule has 0 amide bonds. The van der Waals surface area contributed by atoms with Gasteiger partial charge in [0.25, 0.3) is 0 Å². The summed E-state index contributed by atoms with van der Waals surface area (Å²) in [6.07, 6.45) is 3.21. The van der Waals surface area contributed by atoms with E-state index in [2.05, 4.69) is 20.2 Å². The summed E-state index contributed by atoms with van der Waals surface area (Å²) < 4.78 is 0. The quantitative estimate of drug-likeness (QED) is 0.673. The highest BCUT2D eigenvalue weighted by Gasteiger charge is 2.14. The van der Waals surface area contributed by atoms with Crippen LogP contribution in [0.5, 0.6) is 5.75 Å². The van der Waals surface area contributed by atoms with Crippen LogP contribution < -0.4 is 0 Å². The van der Waals surface area contributed by atoms with E-state index in [0.29, 0.717) is 5.82 Å². The first-order valence-corrected chi connectivity index (χ1v) is 5.57. The molecule has 0 saturated heterocycles. The molecule has 0 radical (unpaired) electrons. The van der Waals surface area contributed by atoms with Gasteiger partial charge in [0.1, 0.15) is 17.1 Å². The molecule has 0 aliphatic rings. The molecule has 0 spiro atoms. The molecule has 6 heteroatoms. The molecular weight excluding hydrogens is 224 g/mol. The molecule has 0 bridgehead atoms. The molecule has 0 fully saturated rings. The zero-order chi connectivity index (χ0) is 11.1. The molecule has 0 unspecified atom stereocenters. The van der Waals surface area contributed by atoms with Gasteiger partial charge in [-0.15, -0.1) is 11.3 Å². The van der Waals surface area contributed by atoms with Crippen molar-refractivity contribution in [3.8, 4) is 17.1 Å². The Balaban J connectivity index is 2.27. The Labute approximate surface area is 94.8 Å². The number of thiophene rings is 1. The number of aromatic nitrogens is 4. The third-order valence-corrected chi connectivity index (χ3v) is 3.29. The van der Waals surface area contributed by atoms with Gasteiger partial charge in [-0.25, -0.2) is 4.98 Å².